The second kappa shape index (κ2) is 14.7. The first-order valence-corrected chi connectivity index (χ1v) is 13.4. The lowest BCUT2D eigenvalue weighted by molar-refractivity contribution is -0.140. The summed E-state index contributed by atoms with van der Waals surface area (Å²) in [5, 5.41) is 35.9. The maximum Gasteiger partial charge on any atom is 0.303 e. The lowest BCUT2D eigenvalue weighted by atomic mass is 9.97. The van der Waals surface area contributed by atoms with Gasteiger partial charge in [-0.2, -0.15) is 0 Å². The number of carbonyl (C=O) groups is 6. The van der Waals surface area contributed by atoms with Crippen molar-refractivity contribution in [1.29, 1.82) is 0 Å². The van der Waals surface area contributed by atoms with Gasteiger partial charge in [-0.3, -0.25) is 38.8 Å². The number of aliphatic carboxylic acids is 2. The molecule has 0 aromatic carbocycles. The zero-order valence-corrected chi connectivity index (χ0v) is 23.2. The topological polar surface area (TPSA) is 237 Å². The number of H-pyrrole nitrogens is 1. The molecule has 42 heavy (non-hydrogen) atoms. The van der Waals surface area contributed by atoms with E-state index in [9.17, 15) is 33.9 Å². The number of aromatic amines is 1. The molecule has 0 aliphatic carbocycles. The van der Waals surface area contributed by atoms with Gasteiger partial charge in [0, 0.05) is 31.7 Å². The molecule has 2 aromatic heterocycles. The van der Waals surface area contributed by atoms with E-state index in [1.807, 2.05) is 0 Å². The van der Waals surface area contributed by atoms with Crippen molar-refractivity contribution >= 4 is 41.4 Å². The zero-order chi connectivity index (χ0) is 30.8. The molecule has 0 bridgehead atoms. The van der Waals surface area contributed by atoms with Crippen LogP contribution in [-0.2, 0) is 41.7 Å². The van der Waals surface area contributed by atoms with Gasteiger partial charge < -0.3 is 26.2 Å². The third kappa shape index (κ3) is 8.31. The summed E-state index contributed by atoms with van der Waals surface area (Å²) in [4.78, 5) is 80.7. The van der Waals surface area contributed by atoms with Gasteiger partial charge in [0.2, 0.25) is 17.7 Å². The molecule has 2 aromatic rings. The highest BCUT2D eigenvalue weighted by Crippen LogP contribution is 2.31. The summed E-state index contributed by atoms with van der Waals surface area (Å²) in [7, 11) is 0. The molecule has 16 heteroatoms. The Morgan fingerprint density at radius 3 is 2.48 bits per heavy atom. The summed E-state index contributed by atoms with van der Waals surface area (Å²) in [5.74, 6) is -5.24. The van der Waals surface area contributed by atoms with E-state index in [4.69, 9.17) is 5.11 Å². The summed E-state index contributed by atoms with van der Waals surface area (Å²) in [6.07, 6.45) is 2.00. The molecule has 6 N–H and O–H groups in total. The fourth-order valence-electron chi connectivity index (χ4n) is 4.45. The van der Waals surface area contributed by atoms with Gasteiger partial charge in [-0.25, -0.2) is 4.98 Å². The molecule has 1 aliphatic rings. The van der Waals surface area contributed by atoms with Crippen LogP contribution < -0.4 is 20.9 Å². The van der Waals surface area contributed by atoms with Crippen LogP contribution in [0.3, 0.4) is 0 Å². The number of nitrogens with one attached hydrogen (secondary N) is 4. The molecule has 4 amide bonds. The minimum atomic E-state index is -1.38. The molecule has 226 valence electrons. The second-order valence-electron chi connectivity index (χ2n) is 9.91. The van der Waals surface area contributed by atoms with E-state index in [1.54, 1.807) is 26.0 Å². The Morgan fingerprint density at radius 1 is 1.10 bits per heavy atom. The third-order valence-electron chi connectivity index (χ3n) is 6.91. The Labute approximate surface area is 240 Å². The Hall–Kier alpha value is -4.89. The summed E-state index contributed by atoms with van der Waals surface area (Å²) in [6, 6.07) is -0.175. The first kappa shape index (κ1) is 31.6. The second-order valence-corrected chi connectivity index (χ2v) is 9.91. The highest BCUT2D eigenvalue weighted by Gasteiger charge is 2.42. The zero-order valence-electron chi connectivity index (χ0n) is 23.2. The summed E-state index contributed by atoms with van der Waals surface area (Å²) in [6.45, 7) is 3.52. The van der Waals surface area contributed by atoms with E-state index in [0.717, 1.165) is 4.90 Å². The molecule has 0 saturated carbocycles. The molecule has 1 aliphatic heterocycles. The van der Waals surface area contributed by atoms with Crippen molar-refractivity contribution in [3.8, 4) is 0 Å². The monoisotopic (exact) mass is 586 g/mol. The van der Waals surface area contributed by atoms with E-state index in [0.29, 0.717) is 17.7 Å². The number of rotatable bonds is 15. The number of nitrogens with zero attached hydrogens (tertiary/aromatic N) is 4. The van der Waals surface area contributed by atoms with Crippen molar-refractivity contribution in [1.82, 2.24) is 36.3 Å². The average Bonchev–Trinajstić information content (AvgIpc) is 3.62. The van der Waals surface area contributed by atoms with Crippen LogP contribution in [0.4, 0.5) is 5.82 Å². The van der Waals surface area contributed by atoms with Gasteiger partial charge >= 0.3 is 11.9 Å². The molecule has 2 unspecified atom stereocenters. The van der Waals surface area contributed by atoms with Gasteiger partial charge in [-0.15, -0.1) is 5.10 Å². The molecule has 0 saturated heterocycles. The maximum atomic E-state index is 14.0. The largest absolute Gasteiger partial charge is 0.481 e. The van der Waals surface area contributed by atoms with Gasteiger partial charge in [0.25, 0.3) is 5.91 Å². The van der Waals surface area contributed by atoms with Gasteiger partial charge in [0.15, 0.2) is 0 Å². The number of carbonyl (C=O) groups excluding carboxylic acids is 4. The number of hydrogen-bond acceptors (Lipinski definition) is 9. The van der Waals surface area contributed by atoms with Crippen LogP contribution >= 0.6 is 0 Å². The predicted molar refractivity (Wildman–Crippen MR) is 145 cm³/mol. The lowest BCUT2D eigenvalue weighted by Crippen LogP contribution is -2.58. The van der Waals surface area contributed by atoms with Crippen LogP contribution in [0.25, 0.3) is 0 Å². The summed E-state index contributed by atoms with van der Waals surface area (Å²) >= 11 is 0. The number of carboxylic acids is 2. The first-order chi connectivity index (χ1) is 20.0. The molecule has 0 fully saturated rings. The molecule has 3 heterocycles. The minimum Gasteiger partial charge on any atom is -0.481 e. The van der Waals surface area contributed by atoms with Gasteiger partial charge in [-0.1, -0.05) is 31.5 Å². The fraction of sp³-hybridized carbons (Fsp3) is 0.500. The minimum absolute atomic E-state index is 0.0367. The normalized spacial score (nSPS) is 16.0. The molecule has 0 spiro atoms. The average molecular weight is 587 g/mol. The Kier molecular flexibility index (Phi) is 11.0. The molecular weight excluding hydrogens is 552 g/mol. The smallest absolute Gasteiger partial charge is 0.303 e. The molecule has 16 nitrogen and oxygen atoms in total. The molecule has 4 atom stereocenters. The summed E-state index contributed by atoms with van der Waals surface area (Å²) in [5.41, 5.74) is 1.07. The molecular formula is C26H34N8O8. The van der Waals surface area contributed by atoms with Crippen molar-refractivity contribution < 1.29 is 39.0 Å². The quantitative estimate of drug-likeness (QED) is 0.156. The Bertz CT molecular complexity index is 1300. The number of carboxylic acid groups (broad SMARTS) is 2. The van der Waals surface area contributed by atoms with E-state index in [1.165, 1.54) is 12.4 Å². The van der Waals surface area contributed by atoms with Crippen LogP contribution in [-0.4, -0.2) is 84.3 Å². The third-order valence-corrected chi connectivity index (χ3v) is 6.91. The number of aromatic nitrogens is 4. The van der Waals surface area contributed by atoms with Gasteiger partial charge in [0.05, 0.1) is 13.0 Å². The highest BCUT2D eigenvalue weighted by atomic mass is 16.4. The van der Waals surface area contributed by atoms with Crippen molar-refractivity contribution in [2.75, 3.05) is 4.90 Å². The molecule has 3 rings (SSSR count). The van der Waals surface area contributed by atoms with Crippen LogP contribution in [0.1, 0.15) is 57.2 Å². The Balaban J connectivity index is 1.85. The first-order valence-electron chi connectivity index (χ1n) is 13.4. The van der Waals surface area contributed by atoms with E-state index < -0.39 is 72.5 Å². The number of hydrogen-bond donors (Lipinski definition) is 6. The van der Waals surface area contributed by atoms with Crippen molar-refractivity contribution in [2.24, 2.45) is 5.92 Å². The van der Waals surface area contributed by atoms with Crippen LogP contribution in [0.5, 0.6) is 0 Å². The Morgan fingerprint density at radius 2 is 1.83 bits per heavy atom. The number of amides is 4. The van der Waals surface area contributed by atoms with Crippen molar-refractivity contribution in [3.63, 3.8) is 0 Å². The van der Waals surface area contributed by atoms with E-state index >= 15 is 0 Å². The number of pyridine rings is 1. The predicted octanol–water partition coefficient (Wildman–Crippen LogP) is -0.481. The maximum absolute atomic E-state index is 14.0. The van der Waals surface area contributed by atoms with E-state index in [2.05, 4.69) is 36.3 Å². The van der Waals surface area contributed by atoms with Crippen LogP contribution in [0.15, 0.2) is 24.5 Å². The van der Waals surface area contributed by atoms with Gasteiger partial charge in [0.1, 0.15) is 29.6 Å². The fourth-order valence-corrected chi connectivity index (χ4v) is 4.45. The summed E-state index contributed by atoms with van der Waals surface area (Å²) < 4.78 is 0. The van der Waals surface area contributed by atoms with Crippen molar-refractivity contribution in [3.05, 3.63) is 35.8 Å². The van der Waals surface area contributed by atoms with Gasteiger partial charge in [-0.05, 0) is 24.0 Å². The number of fused-ring (bicyclic) bond motifs is 1. The SMILES string of the molecule is CC[C@H](C)[C@H](NC(=O)CCC(=O)O)C(=O)NC(CCC(=O)O)C(=O)N1c2ncccc2CC1C(=O)NCc1c[nH]nn1. The number of anilines is 1. The standard InChI is InChI=1S/C26H34N8O8/c1-3-14(2)22(31-19(35)7-9-21(38)39)25(41)30-17(6-8-20(36)37)26(42)34-18(11-15-5-4-10-27-23(15)34)24(40)28-12-16-13-29-33-32-16/h4-5,10,13-14,17-18,22H,3,6-9,11-12H2,1-2H3,(H,28,40)(H,30,41)(H,31,35)(H,36,37)(H,38,39)(H,29,32,33)/t14-,17?,18?,22-/m0/s1. The molecule has 0 radical (unpaired) electrons. The van der Waals surface area contributed by atoms with E-state index in [-0.39, 0.29) is 31.6 Å². The van der Waals surface area contributed by atoms with Crippen LogP contribution in [0.2, 0.25) is 0 Å². The van der Waals surface area contributed by atoms with Crippen molar-refractivity contribution in [2.45, 2.75) is 77.0 Å². The van der Waals surface area contributed by atoms with Crippen LogP contribution in [0, 0.1) is 5.92 Å². The lowest BCUT2D eigenvalue weighted by Gasteiger charge is -2.30. The highest BCUT2D eigenvalue weighted by molar-refractivity contribution is 6.06.